The van der Waals surface area contributed by atoms with Crippen LogP contribution in [-0.2, 0) is 13.0 Å². The van der Waals surface area contributed by atoms with Crippen LogP contribution in [-0.4, -0.2) is 9.55 Å². The monoisotopic (exact) mass is 318 g/mol. The number of imidazole rings is 1. The zero-order valence-corrected chi connectivity index (χ0v) is 13.3. The third-order valence-electron chi connectivity index (χ3n) is 4.37. The highest BCUT2D eigenvalue weighted by Crippen LogP contribution is 2.33. The SMILES string of the molecule is Cc1ccc(-c2nc(Br)c3n2CCCC3)c(C)c1C. The van der Waals surface area contributed by atoms with Gasteiger partial charge in [0.25, 0.3) is 0 Å². The summed E-state index contributed by atoms with van der Waals surface area (Å²) < 4.78 is 3.42. The fourth-order valence-corrected chi connectivity index (χ4v) is 3.48. The molecule has 0 N–H and O–H groups in total. The molecule has 19 heavy (non-hydrogen) atoms. The van der Waals surface area contributed by atoms with E-state index in [1.807, 2.05) is 0 Å². The lowest BCUT2D eigenvalue weighted by Gasteiger charge is -2.18. The maximum Gasteiger partial charge on any atom is 0.141 e. The van der Waals surface area contributed by atoms with Gasteiger partial charge in [0.15, 0.2) is 0 Å². The lowest BCUT2D eigenvalue weighted by molar-refractivity contribution is 0.535. The first kappa shape index (κ1) is 12.9. The molecule has 0 atom stereocenters. The summed E-state index contributed by atoms with van der Waals surface area (Å²) >= 11 is 3.63. The van der Waals surface area contributed by atoms with E-state index in [-0.39, 0.29) is 0 Å². The first-order valence-electron chi connectivity index (χ1n) is 6.91. The van der Waals surface area contributed by atoms with Crippen molar-refractivity contribution >= 4 is 15.9 Å². The summed E-state index contributed by atoms with van der Waals surface area (Å²) in [5.41, 5.74) is 6.72. The average Bonchev–Trinajstić information content (AvgIpc) is 2.74. The summed E-state index contributed by atoms with van der Waals surface area (Å²) in [5.74, 6) is 1.13. The van der Waals surface area contributed by atoms with Crippen molar-refractivity contribution in [1.82, 2.24) is 9.55 Å². The molecule has 1 aromatic heterocycles. The number of halogens is 1. The van der Waals surface area contributed by atoms with Crippen LogP contribution in [0.5, 0.6) is 0 Å². The highest BCUT2D eigenvalue weighted by atomic mass is 79.9. The number of aryl methyl sites for hydroxylation is 1. The molecule has 3 rings (SSSR count). The molecule has 2 aromatic rings. The molecule has 0 spiro atoms. The summed E-state index contributed by atoms with van der Waals surface area (Å²) in [7, 11) is 0. The Morgan fingerprint density at radius 3 is 2.68 bits per heavy atom. The quantitative estimate of drug-likeness (QED) is 0.752. The minimum atomic E-state index is 1.03. The zero-order valence-electron chi connectivity index (χ0n) is 11.8. The largest absolute Gasteiger partial charge is 0.327 e. The lowest BCUT2D eigenvalue weighted by Crippen LogP contribution is -2.11. The Hall–Kier alpha value is -1.09. The Morgan fingerprint density at radius 1 is 1.11 bits per heavy atom. The van der Waals surface area contributed by atoms with Crippen LogP contribution in [0.25, 0.3) is 11.4 Å². The predicted molar refractivity (Wildman–Crippen MR) is 82.5 cm³/mol. The molecule has 1 aliphatic heterocycles. The Morgan fingerprint density at radius 2 is 1.89 bits per heavy atom. The molecule has 0 aliphatic carbocycles. The van der Waals surface area contributed by atoms with Crippen LogP contribution in [0.2, 0.25) is 0 Å². The van der Waals surface area contributed by atoms with Gasteiger partial charge >= 0.3 is 0 Å². The van der Waals surface area contributed by atoms with Gasteiger partial charge in [0.2, 0.25) is 0 Å². The Bertz CT molecular complexity index is 641. The first-order chi connectivity index (χ1) is 9.09. The molecule has 1 aromatic carbocycles. The molecule has 0 saturated heterocycles. The Labute approximate surface area is 123 Å². The van der Waals surface area contributed by atoms with Crippen molar-refractivity contribution < 1.29 is 0 Å². The normalized spacial score (nSPS) is 14.5. The van der Waals surface area contributed by atoms with E-state index in [2.05, 4.69) is 53.4 Å². The van der Waals surface area contributed by atoms with Gasteiger partial charge in [0, 0.05) is 12.1 Å². The van der Waals surface area contributed by atoms with Gasteiger partial charge in [0.05, 0.1) is 5.69 Å². The number of nitrogens with zero attached hydrogens (tertiary/aromatic N) is 2. The summed E-state index contributed by atoms with van der Waals surface area (Å²) in [6.45, 7) is 7.66. The molecule has 0 fully saturated rings. The molecule has 0 unspecified atom stereocenters. The van der Waals surface area contributed by atoms with Crippen molar-refractivity contribution in [3.8, 4) is 11.4 Å². The minimum Gasteiger partial charge on any atom is -0.327 e. The third-order valence-corrected chi connectivity index (χ3v) is 5.00. The van der Waals surface area contributed by atoms with E-state index in [1.165, 1.54) is 40.8 Å². The zero-order chi connectivity index (χ0) is 13.6. The maximum absolute atomic E-state index is 4.77. The highest BCUT2D eigenvalue weighted by Gasteiger charge is 2.20. The van der Waals surface area contributed by atoms with E-state index in [4.69, 9.17) is 4.98 Å². The van der Waals surface area contributed by atoms with E-state index in [0.29, 0.717) is 0 Å². The number of aromatic nitrogens is 2. The van der Waals surface area contributed by atoms with Crippen LogP contribution in [0, 0.1) is 20.8 Å². The molecule has 0 amide bonds. The maximum atomic E-state index is 4.77. The molecular formula is C16H19BrN2. The van der Waals surface area contributed by atoms with Crippen molar-refractivity contribution in [2.24, 2.45) is 0 Å². The van der Waals surface area contributed by atoms with E-state index >= 15 is 0 Å². The van der Waals surface area contributed by atoms with Crippen molar-refractivity contribution in [3.05, 3.63) is 39.1 Å². The molecule has 100 valence electrons. The summed E-state index contributed by atoms with van der Waals surface area (Å²) in [6, 6.07) is 4.42. The third kappa shape index (κ3) is 2.04. The second-order valence-corrected chi connectivity index (χ2v) is 6.21. The Kier molecular flexibility index (Phi) is 3.25. The summed E-state index contributed by atoms with van der Waals surface area (Å²) in [4.78, 5) is 4.77. The predicted octanol–water partition coefficient (Wildman–Crippen LogP) is 4.57. The fraction of sp³-hybridized carbons (Fsp3) is 0.438. The number of rotatable bonds is 1. The molecule has 2 heterocycles. The second-order valence-electron chi connectivity index (χ2n) is 5.46. The highest BCUT2D eigenvalue weighted by molar-refractivity contribution is 9.10. The van der Waals surface area contributed by atoms with Crippen LogP contribution >= 0.6 is 15.9 Å². The molecule has 0 radical (unpaired) electrons. The van der Waals surface area contributed by atoms with Gasteiger partial charge in [-0.15, -0.1) is 0 Å². The van der Waals surface area contributed by atoms with E-state index in [9.17, 15) is 0 Å². The average molecular weight is 319 g/mol. The second kappa shape index (κ2) is 4.78. The summed E-state index contributed by atoms with van der Waals surface area (Å²) in [6.07, 6.45) is 3.67. The van der Waals surface area contributed by atoms with Gasteiger partial charge in [-0.25, -0.2) is 4.98 Å². The standard InChI is InChI=1S/C16H19BrN2/c1-10-7-8-13(12(3)11(10)2)16-18-15(17)14-6-4-5-9-19(14)16/h7-8H,4-6,9H2,1-3H3. The van der Waals surface area contributed by atoms with Crippen LogP contribution in [0.3, 0.4) is 0 Å². The molecule has 0 saturated carbocycles. The molecule has 1 aliphatic rings. The van der Waals surface area contributed by atoms with Gasteiger partial charge in [0.1, 0.15) is 10.4 Å². The van der Waals surface area contributed by atoms with Crippen molar-refractivity contribution in [3.63, 3.8) is 0 Å². The number of benzene rings is 1. The Balaban J connectivity index is 2.20. The van der Waals surface area contributed by atoms with Gasteiger partial charge in [-0.2, -0.15) is 0 Å². The molecule has 0 bridgehead atoms. The van der Waals surface area contributed by atoms with Crippen LogP contribution in [0.1, 0.15) is 35.2 Å². The first-order valence-corrected chi connectivity index (χ1v) is 7.71. The topological polar surface area (TPSA) is 17.8 Å². The number of hydrogen-bond donors (Lipinski definition) is 0. The van der Waals surface area contributed by atoms with Crippen molar-refractivity contribution in [2.45, 2.75) is 46.6 Å². The van der Waals surface area contributed by atoms with Gasteiger partial charge < -0.3 is 4.57 Å². The lowest BCUT2D eigenvalue weighted by atomic mass is 9.98. The van der Waals surface area contributed by atoms with Crippen LogP contribution < -0.4 is 0 Å². The van der Waals surface area contributed by atoms with E-state index in [0.717, 1.165) is 23.4 Å². The van der Waals surface area contributed by atoms with Crippen LogP contribution in [0.4, 0.5) is 0 Å². The number of hydrogen-bond acceptors (Lipinski definition) is 1. The molecule has 2 nitrogen and oxygen atoms in total. The molecule has 3 heteroatoms. The summed E-state index contributed by atoms with van der Waals surface area (Å²) in [5, 5.41) is 0. The van der Waals surface area contributed by atoms with Gasteiger partial charge in [-0.3, -0.25) is 0 Å². The number of fused-ring (bicyclic) bond motifs is 1. The van der Waals surface area contributed by atoms with Crippen LogP contribution in [0.15, 0.2) is 16.7 Å². The van der Waals surface area contributed by atoms with Crippen molar-refractivity contribution in [2.75, 3.05) is 0 Å². The van der Waals surface area contributed by atoms with E-state index in [1.54, 1.807) is 0 Å². The van der Waals surface area contributed by atoms with Gasteiger partial charge in [-0.1, -0.05) is 12.1 Å². The van der Waals surface area contributed by atoms with Crippen molar-refractivity contribution in [1.29, 1.82) is 0 Å². The fourth-order valence-electron chi connectivity index (χ4n) is 2.90. The minimum absolute atomic E-state index is 1.03. The molecular weight excluding hydrogens is 300 g/mol. The van der Waals surface area contributed by atoms with Gasteiger partial charge in [-0.05, 0) is 72.7 Å². The smallest absolute Gasteiger partial charge is 0.141 e. The van der Waals surface area contributed by atoms with E-state index < -0.39 is 0 Å².